The second-order valence-electron chi connectivity index (χ2n) is 14.7. The van der Waals surface area contributed by atoms with Crippen molar-refractivity contribution < 1.29 is 37.3 Å². The normalized spacial score (nSPS) is 60.9. The van der Waals surface area contributed by atoms with Gasteiger partial charge in [-0.3, -0.25) is 4.79 Å². The molecule has 0 aromatic heterocycles. The van der Waals surface area contributed by atoms with E-state index in [2.05, 4.69) is 13.8 Å². The molecule has 1 heterocycles. The maximum absolute atomic E-state index is 13.8. The zero-order valence-electron chi connectivity index (χ0n) is 21.7. The molecular formula is C29H39F3O5. The van der Waals surface area contributed by atoms with E-state index >= 15 is 0 Å². The van der Waals surface area contributed by atoms with Gasteiger partial charge in [0.2, 0.25) is 0 Å². The van der Waals surface area contributed by atoms with Gasteiger partial charge in [-0.05, 0) is 116 Å². The van der Waals surface area contributed by atoms with Crippen LogP contribution >= 0.6 is 0 Å². The molecule has 1 saturated heterocycles. The van der Waals surface area contributed by atoms with Crippen molar-refractivity contribution in [1.82, 2.24) is 0 Å². The first kappa shape index (κ1) is 24.0. The van der Waals surface area contributed by atoms with Crippen molar-refractivity contribution in [2.24, 2.45) is 71.0 Å². The number of alkyl halides is 3. The van der Waals surface area contributed by atoms with Crippen LogP contribution in [0.15, 0.2) is 0 Å². The predicted octanol–water partition coefficient (Wildman–Crippen LogP) is 5.30. The lowest BCUT2D eigenvalue weighted by molar-refractivity contribution is -0.444. The van der Waals surface area contributed by atoms with Gasteiger partial charge in [0, 0.05) is 6.42 Å². The molecular weight excluding hydrogens is 485 g/mol. The second-order valence-corrected chi connectivity index (χ2v) is 14.7. The summed E-state index contributed by atoms with van der Waals surface area (Å²) in [5, 5.41) is 10.4. The van der Waals surface area contributed by atoms with Gasteiger partial charge in [-0.25, -0.2) is 0 Å². The number of ether oxygens (including phenoxy) is 3. The highest BCUT2D eigenvalue weighted by atomic mass is 19.4. The van der Waals surface area contributed by atoms with Crippen LogP contribution in [0.5, 0.6) is 0 Å². The Morgan fingerprint density at radius 1 is 0.892 bits per heavy atom. The third-order valence-electron chi connectivity index (χ3n) is 13.6. The van der Waals surface area contributed by atoms with Crippen LogP contribution in [0, 0.1) is 71.0 Å². The van der Waals surface area contributed by atoms with Gasteiger partial charge in [-0.2, -0.15) is 13.2 Å². The van der Waals surface area contributed by atoms with Gasteiger partial charge in [-0.15, -0.1) is 0 Å². The average Bonchev–Trinajstić information content (AvgIpc) is 3.56. The van der Waals surface area contributed by atoms with Crippen molar-refractivity contribution in [2.75, 3.05) is 6.79 Å². The average molecular weight is 525 g/mol. The number of carbonyl (C=O) groups excluding carboxylic acids is 1. The van der Waals surface area contributed by atoms with E-state index in [0.717, 1.165) is 55.3 Å². The molecule has 0 aromatic carbocycles. The molecule has 0 radical (unpaired) electrons. The van der Waals surface area contributed by atoms with Crippen LogP contribution in [0.2, 0.25) is 0 Å². The molecule has 1 aliphatic heterocycles. The molecule has 12 atom stereocenters. The van der Waals surface area contributed by atoms with E-state index in [1.807, 2.05) is 0 Å². The smallest absolute Gasteiger partial charge is 0.443 e. The Morgan fingerprint density at radius 3 is 2.24 bits per heavy atom. The van der Waals surface area contributed by atoms with Crippen molar-refractivity contribution in [3.05, 3.63) is 0 Å². The van der Waals surface area contributed by atoms with Crippen LogP contribution in [-0.2, 0) is 19.0 Å². The highest BCUT2D eigenvalue weighted by Gasteiger charge is 2.72. The number of aliphatic hydroxyl groups is 1. The van der Waals surface area contributed by atoms with Gasteiger partial charge >= 0.3 is 12.1 Å². The molecule has 9 fully saturated rings. The molecule has 8 bridgehead atoms. The van der Waals surface area contributed by atoms with E-state index in [9.17, 15) is 23.1 Å². The molecule has 1 N–H and O–H groups in total. The fourth-order valence-electron chi connectivity index (χ4n) is 12.3. The highest BCUT2D eigenvalue weighted by Crippen LogP contribution is 2.72. The number of halogens is 3. The van der Waals surface area contributed by atoms with Crippen molar-refractivity contribution in [3.8, 4) is 0 Å². The van der Waals surface area contributed by atoms with Crippen molar-refractivity contribution in [1.29, 1.82) is 0 Å². The minimum Gasteiger partial charge on any atom is -0.459 e. The highest BCUT2D eigenvalue weighted by molar-refractivity contribution is 5.74. The summed E-state index contributed by atoms with van der Waals surface area (Å²) in [6.07, 6.45) is 1.42. The first-order valence-corrected chi connectivity index (χ1v) is 14.7. The van der Waals surface area contributed by atoms with Gasteiger partial charge in [-0.1, -0.05) is 13.8 Å². The Kier molecular flexibility index (Phi) is 4.70. The lowest BCUT2D eigenvalue weighted by Crippen LogP contribution is -2.70. The van der Waals surface area contributed by atoms with E-state index in [0.29, 0.717) is 36.5 Å². The Morgan fingerprint density at radius 2 is 1.57 bits per heavy atom. The summed E-state index contributed by atoms with van der Waals surface area (Å²) in [7, 11) is 0. The monoisotopic (exact) mass is 524 g/mol. The number of rotatable bonds is 2. The molecule has 1 spiro atoms. The van der Waals surface area contributed by atoms with Crippen LogP contribution in [0.4, 0.5) is 13.2 Å². The van der Waals surface area contributed by atoms with Crippen LogP contribution in [0.1, 0.15) is 71.6 Å². The Bertz CT molecular complexity index is 998. The molecule has 9 aliphatic rings. The minimum absolute atomic E-state index is 0.00952. The quantitative estimate of drug-likeness (QED) is 0.392. The maximum atomic E-state index is 13.8. The van der Waals surface area contributed by atoms with E-state index in [4.69, 9.17) is 14.2 Å². The summed E-state index contributed by atoms with van der Waals surface area (Å²) in [5.41, 5.74) is -1.65. The van der Waals surface area contributed by atoms with E-state index in [1.165, 1.54) is 12.8 Å². The summed E-state index contributed by atoms with van der Waals surface area (Å²) in [6.45, 7) is 4.28. The van der Waals surface area contributed by atoms with Crippen molar-refractivity contribution >= 4 is 5.97 Å². The van der Waals surface area contributed by atoms with Gasteiger partial charge < -0.3 is 19.3 Å². The molecule has 0 amide bonds. The molecule has 0 aromatic rings. The molecule has 8 heteroatoms. The standard InChI is InChI=1S/C29H39F3O5/c1-13-14(2)20-7-19(13)23-16-5-21(24(20)23)22(6-16)25(33)37-26-8-15-3-17(9-26)27(18(4-15)10-26)11-28(34,29(30,31)32)36-12-35-27/h13-24,34H,3-12H2,1-2H3. The fraction of sp³-hybridized carbons (Fsp3) is 0.966. The molecule has 8 aliphatic carbocycles. The maximum Gasteiger partial charge on any atom is 0.443 e. The van der Waals surface area contributed by atoms with E-state index in [1.54, 1.807) is 0 Å². The number of fused-ring (bicyclic) bond motifs is 9. The number of esters is 1. The summed E-state index contributed by atoms with van der Waals surface area (Å²) in [4.78, 5) is 13.8. The lowest BCUT2D eigenvalue weighted by atomic mass is 9.47. The molecule has 8 saturated carbocycles. The van der Waals surface area contributed by atoms with Gasteiger partial charge in [0.15, 0.2) is 6.79 Å². The second kappa shape index (κ2) is 7.25. The van der Waals surface area contributed by atoms with E-state index < -0.39 is 36.4 Å². The SMILES string of the molecule is CC1C(C)C2CC1C1C3CC(C(=O)OC45CC6CC(C4)C4(CC(O)(C(F)(F)F)OCO4)C(C6)C5)C(C3)C21. The Balaban J connectivity index is 1.01. The first-order chi connectivity index (χ1) is 17.4. The molecule has 9 rings (SSSR count). The van der Waals surface area contributed by atoms with Gasteiger partial charge in [0.05, 0.1) is 11.5 Å². The van der Waals surface area contributed by atoms with Crippen LogP contribution < -0.4 is 0 Å². The van der Waals surface area contributed by atoms with Gasteiger partial charge in [0.25, 0.3) is 5.79 Å². The summed E-state index contributed by atoms with van der Waals surface area (Å²) in [5.74, 6) is 2.52. The van der Waals surface area contributed by atoms with Crippen LogP contribution in [-0.4, -0.2) is 41.0 Å². The lowest BCUT2D eigenvalue weighted by Gasteiger charge is -2.66. The van der Waals surface area contributed by atoms with Gasteiger partial charge in [0.1, 0.15) is 5.60 Å². The van der Waals surface area contributed by atoms with Crippen LogP contribution in [0.25, 0.3) is 0 Å². The molecule has 12 unspecified atom stereocenters. The zero-order valence-corrected chi connectivity index (χ0v) is 21.7. The third kappa shape index (κ3) is 2.96. The Labute approximate surface area is 216 Å². The topological polar surface area (TPSA) is 65.0 Å². The predicted molar refractivity (Wildman–Crippen MR) is 124 cm³/mol. The fourth-order valence-corrected chi connectivity index (χ4v) is 12.3. The first-order valence-electron chi connectivity index (χ1n) is 14.7. The summed E-state index contributed by atoms with van der Waals surface area (Å²) >= 11 is 0. The van der Waals surface area contributed by atoms with Crippen molar-refractivity contribution in [2.45, 2.75) is 94.8 Å². The minimum atomic E-state index is -4.88. The summed E-state index contributed by atoms with van der Waals surface area (Å²) < 4.78 is 58.4. The number of hydrogen-bond donors (Lipinski definition) is 1. The number of carbonyl (C=O) groups is 1. The summed E-state index contributed by atoms with van der Waals surface area (Å²) in [6, 6.07) is 0. The van der Waals surface area contributed by atoms with E-state index in [-0.39, 0.29) is 23.7 Å². The molecule has 5 nitrogen and oxygen atoms in total. The van der Waals surface area contributed by atoms with Crippen molar-refractivity contribution in [3.63, 3.8) is 0 Å². The molecule has 206 valence electrons. The Hall–Kier alpha value is -0.860. The number of hydrogen-bond acceptors (Lipinski definition) is 5. The van der Waals surface area contributed by atoms with Crippen LogP contribution in [0.3, 0.4) is 0 Å². The third-order valence-corrected chi connectivity index (χ3v) is 13.6. The zero-order chi connectivity index (χ0) is 25.7. The largest absolute Gasteiger partial charge is 0.459 e. The molecule has 37 heavy (non-hydrogen) atoms.